The van der Waals surface area contributed by atoms with Gasteiger partial charge in [0.2, 0.25) is 0 Å². The molecule has 0 bridgehead atoms. The molecule has 0 saturated carbocycles. The summed E-state index contributed by atoms with van der Waals surface area (Å²) in [5, 5.41) is -0.0804. The molecule has 2 atom stereocenters. The number of halogens is 1. The molecule has 3 heteroatoms. The van der Waals surface area contributed by atoms with Crippen molar-refractivity contribution in [3.05, 3.63) is 0 Å². The van der Waals surface area contributed by atoms with E-state index in [0.717, 1.165) is 19.3 Å². The summed E-state index contributed by atoms with van der Waals surface area (Å²) in [6.07, 6.45) is 5.78. The van der Waals surface area contributed by atoms with E-state index in [9.17, 15) is 4.79 Å². The topological polar surface area (TPSA) is 26.3 Å². The lowest BCUT2D eigenvalue weighted by atomic mass is 10.0. The highest BCUT2D eigenvalue weighted by atomic mass is 35.5. The molecule has 2 unspecified atom stereocenters. The normalized spacial score (nSPS) is 14.5. The Hall–Kier alpha value is -0.240. The van der Waals surface area contributed by atoms with Gasteiger partial charge in [0.15, 0.2) is 0 Å². The number of unbranched alkanes of at least 4 members (excludes halogenated alkanes) is 1. The fourth-order valence-electron chi connectivity index (χ4n) is 1.49. The highest BCUT2D eigenvalue weighted by Crippen LogP contribution is 2.14. The van der Waals surface area contributed by atoms with Crippen molar-refractivity contribution in [2.75, 3.05) is 6.61 Å². The lowest BCUT2D eigenvalue weighted by Crippen LogP contribution is -2.16. The zero-order valence-electron chi connectivity index (χ0n) is 10.8. The summed E-state index contributed by atoms with van der Waals surface area (Å²) in [5.74, 6) is 0.358. The van der Waals surface area contributed by atoms with Crippen LogP contribution in [0.15, 0.2) is 0 Å². The summed E-state index contributed by atoms with van der Waals surface area (Å²) in [5.41, 5.74) is 0. The Balaban J connectivity index is 3.70. The van der Waals surface area contributed by atoms with Crippen LogP contribution in [0.4, 0.5) is 0 Å². The van der Waals surface area contributed by atoms with Gasteiger partial charge in [-0.2, -0.15) is 0 Å². The van der Waals surface area contributed by atoms with Gasteiger partial charge in [0, 0.05) is 5.38 Å². The zero-order valence-corrected chi connectivity index (χ0v) is 11.6. The van der Waals surface area contributed by atoms with Gasteiger partial charge in [-0.05, 0) is 18.8 Å². The van der Waals surface area contributed by atoms with Crippen LogP contribution in [0.3, 0.4) is 0 Å². The molecule has 0 fully saturated rings. The summed E-state index contributed by atoms with van der Waals surface area (Å²) in [6, 6.07) is 0. The van der Waals surface area contributed by atoms with Crippen LogP contribution < -0.4 is 0 Å². The lowest BCUT2D eigenvalue weighted by Gasteiger charge is -2.15. The van der Waals surface area contributed by atoms with Gasteiger partial charge >= 0.3 is 5.97 Å². The molecular weight excluding hydrogens is 224 g/mol. The van der Waals surface area contributed by atoms with Crippen LogP contribution in [0.25, 0.3) is 0 Å². The minimum atomic E-state index is -0.156. The summed E-state index contributed by atoms with van der Waals surface area (Å²) in [7, 11) is 0. The Morgan fingerprint density at radius 2 is 1.94 bits per heavy atom. The van der Waals surface area contributed by atoms with Crippen molar-refractivity contribution < 1.29 is 9.53 Å². The second-order valence-electron chi connectivity index (χ2n) is 4.31. The van der Waals surface area contributed by atoms with Crippen LogP contribution in [0.2, 0.25) is 0 Å². The van der Waals surface area contributed by atoms with E-state index in [4.69, 9.17) is 16.3 Å². The van der Waals surface area contributed by atoms with Crippen molar-refractivity contribution in [1.82, 2.24) is 0 Å². The first-order chi connectivity index (χ1) is 7.63. The fourth-order valence-corrected chi connectivity index (χ4v) is 1.62. The van der Waals surface area contributed by atoms with E-state index < -0.39 is 0 Å². The molecule has 0 aliphatic rings. The van der Waals surface area contributed by atoms with Crippen molar-refractivity contribution in [3.8, 4) is 0 Å². The van der Waals surface area contributed by atoms with Crippen LogP contribution in [-0.4, -0.2) is 18.0 Å². The number of carbonyl (C=O) groups excluding carboxylic acids is 1. The molecule has 16 heavy (non-hydrogen) atoms. The maximum absolute atomic E-state index is 11.4. The minimum Gasteiger partial charge on any atom is -0.465 e. The standard InChI is InChI=1S/C13H25ClO2/c1-4-7-8-11(5-2)10-16-13(15)9-12(14)6-3/h11-12H,4-10H2,1-3H3. The first-order valence-corrected chi connectivity index (χ1v) is 6.87. The number of rotatable bonds is 9. The van der Waals surface area contributed by atoms with Gasteiger partial charge in [0.25, 0.3) is 0 Å². The molecule has 0 N–H and O–H groups in total. The molecule has 0 heterocycles. The van der Waals surface area contributed by atoms with Crippen molar-refractivity contribution in [2.45, 2.75) is 64.7 Å². The first-order valence-electron chi connectivity index (χ1n) is 6.43. The first kappa shape index (κ1) is 15.8. The predicted octanol–water partition coefficient (Wildman–Crippen LogP) is 4.15. The third-order valence-electron chi connectivity index (χ3n) is 2.85. The third kappa shape index (κ3) is 7.98. The van der Waals surface area contributed by atoms with E-state index in [-0.39, 0.29) is 11.3 Å². The van der Waals surface area contributed by atoms with Crippen LogP contribution in [0, 0.1) is 5.92 Å². The van der Waals surface area contributed by atoms with Crippen molar-refractivity contribution >= 4 is 17.6 Å². The monoisotopic (exact) mass is 248 g/mol. The van der Waals surface area contributed by atoms with Gasteiger partial charge in [-0.15, -0.1) is 11.6 Å². The Kier molecular flexibility index (Phi) is 9.80. The van der Waals surface area contributed by atoms with Gasteiger partial charge < -0.3 is 4.74 Å². The highest BCUT2D eigenvalue weighted by molar-refractivity contribution is 6.21. The van der Waals surface area contributed by atoms with E-state index in [1.807, 2.05) is 6.92 Å². The van der Waals surface area contributed by atoms with E-state index in [0.29, 0.717) is 18.9 Å². The van der Waals surface area contributed by atoms with Crippen LogP contribution >= 0.6 is 11.6 Å². The molecule has 0 aromatic rings. The van der Waals surface area contributed by atoms with Gasteiger partial charge in [-0.25, -0.2) is 0 Å². The highest BCUT2D eigenvalue weighted by Gasteiger charge is 2.13. The lowest BCUT2D eigenvalue weighted by molar-refractivity contribution is -0.145. The van der Waals surface area contributed by atoms with Crippen molar-refractivity contribution in [3.63, 3.8) is 0 Å². The summed E-state index contributed by atoms with van der Waals surface area (Å²) in [6.45, 7) is 6.85. The summed E-state index contributed by atoms with van der Waals surface area (Å²) >= 11 is 5.89. The van der Waals surface area contributed by atoms with E-state index in [1.165, 1.54) is 12.8 Å². The number of esters is 1. The van der Waals surface area contributed by atoms with Gasteiger partial charge in [-0.3, -0.25) is 4.79 Å². The van der Waals surface area contributed by atoms with Gasteiger partial charge in [0.05, 0.1) is 13.0 Å². The van der Waals surface area contributed by atoms with Crippen LogP contribution in [0.1, 0.15) is 59.3 Å². The number of hydrogen-bond donors (Lipinski definition) is 0. The number of ether oxygens (including phenoxy) is 1. The molecule has 96 valence electrons. The predicted molar refractivity (Wildman–Crippen MR) is 68.8 cm³/mol. The average Bonchev–Trinajstić information content (AvgIpc) is 2.29. The molecule has 0 amide bonds. The zero-order chi connectivity index (χ0) is 12.4. The molecule has 0 aliphatic carbocycles. The third-order valence-corrected chi connectivity index (χ3v) is 3.32. The number of carbonyl (C=O) groups is 1. The Morgan fingerprint density at radius 3 is 2.44 bits per heavy atom. The SMILES string of the molecule is CCCCC(CC)COC(=O)CC(Cl)CC. The second kappa shape index (κ2) is 9.95. The largest absolute Gasteiger partial charge is 0.465 e. The van der Waals surface area contributed by atoms with Crippen molar-refractivity contribution in [2.24, 2.45) is 5.92 Å². The molecule has 0 aliphatic heterocycles. The van der Waals surface area contributed by atoms with Gasteiger partial charge in [-0.1, -0.05) is 40.0 Å². The molecule has 0 radical (unpaired) electrons. The molecular formula is C13H25ClO2. The Morgan fingerprint density at radius 1 is 1.25 bits per heavy atom. The van der Waals surface area contributed by atoms with E-state index in [1.54, 1.807) is 0 Å². The number of alkyl halides is 1. The molecule has 0 aromatic heterocycles. The van der Waals surface area contributed by atoms with Crippen molar-refractivity contribution in [1.29, 1.82) is 0 Å². The molecule has 2 nitrogen and oxygen atoms in total. The molecule has 0 aromatic carbocycles. The number of hydrogen-bond acceptors (Lipinski definition) is 2. The van der Waals surface area contributed by atoms with Crippen LogP contribution in [0.5, 0.6) is 0 Å². The molecule has 0 rings (SSSR count). The fraction of sp³-hybridized carbons (Fsp3) is 0.923. The van der Waals surface area contributed by atoms with Gasteiger partial charge in [0.1, 0.15) is 0 Å². The maximum atomic E-state index is 11.4. The van der Waals surface area contributed by atoms with E-state index >= 15 is 0 Å². The Labute approximate surface area is 105 Å². The Bertz CT molecular complexity index is 183. The van der Waals surface area contributed by atoms with Crippen LogP contribution in [-0.2, 0) is 9.53 Å². The maximum Gasteiger partial charge on any atom is 0.307 e. The summed E-state index contributed by atoms with van der Waals surface area (Å²) in [4.78, 5) is 11.4. The smallest absolute Gasteiger partial charge is 0.307 e. The average molecular weight is 249 g/mol. The quantitative estimate of drug-likeness (QED) is 0.453. The second-order valence-corrected chi connectivity index (χ2v) is 4.93. The minimum absolute atomic E-state index is 0.0804. The molecule has 0 spiro atoms. The summed E-state index contributed by atoms with van der Waals surface area (Å²) < 4.78 is 5.24. The van der Waals surface area contributed by atoms with E-state index in [2.05, 4.69) is 13.8 Å². The molecule has 0 saturated heterocycles.